The molecule has 0 N–H and O–H groups in total. The van der Waals surface area contributed by atoms with E-state index in [0.29, 0.717) is 20.6 Å². The van der Waals surface area contributed by atoms with Crippen LogP contribution < -0.4 is 14.9 Å². The standard InChI is InChI=1S/C25H24N2O3S/c1-5-30-24(29)21-17(4)26-25-27(22(21)19-12-8-16(3)9-13-19)23(28)20(31-25)14-18-10-6-15(2)7-11-18/h6-14,22H,5H2,1-4H3/b20-14+/t22-/m0/s1. The molecule has 0 saturated carbocycles. The van der Waals surface area contributed by atoms with Crippen LogP contribution >= 0.6 is 11.3 Å². The topological polar surface area (TPSA) is 60.7 Å². The number of aromatic nitrogens is 1. The number of rotatable bonds is 4. The lowest BCUT2D eigenvalue weighted by Gasteiger charge is -2.24. The van der Waals surface area contributed by atoms with Crippen LogP contribution in [0.1, 0.15) is 42.1 Å². The van der Waals surface area contributed by atoms with E-state index < -0.39 is 12.0 Å². The monoisotopic (exact) mass is 432 g/mol. The molecule has 1 aromatic heterocycles. The Hall–Kier alpha value is -3.25. The van der Waals surface area contributed by atoms with Gasteiger partial charge in [-0.3, -0.25) is 9.36 Å². The second-order valence-electron chi connectivity index (χ2n) is 7.62. The Morgan fingerprint density at radius 2 is 1.68 bits per heavy atom. The number of hydrogen-bond acceptors (Lipinski definition) is 5. The summed E-state index contributed by atoms with van der Waals surface area (Å²) in [6.45, 7) is 7.85. The highest BCUT2D eigenvalue weighted by molar-refractivity contribution is 7.07. The van der Waals surface area contributed by atoms with Crippen molar-refractivity contribution in [3.8, 4) is 0 Å². The van der Waals surface area contributed by atoms with E-state index in [1.54, 1.807) is 18.4 Å². The highest BCUT2D eigenvalue weighted by Gasteiger charge is 2.33. The molecule has 4 rings (SSSR count). The molecule has 0 spiro atoms. The predicted molar refractivity (Wildman–Crippen MR) is 123 cm³/mol. The lowest BCUT2D eigenvalue weighted by atomic mass is 9.95. The van der Waals surface area contributed by atoms with Gasteiger partial charge in [0.1, 0.15) is 0 Å². The molecule has 0 amide bonds. The van der Waals surface area contributed by atoms with Crippen molar-refractivity contribution in [3.05, 3.63) is 102 Å². The molecule has 0 unspecified atom stereocenters. The highest BCUT2D eigenvalue weighted by atomic mass is 32.1. The smallest absolute Gasteiger partial charge is 0.338 e. The maximum atomic E-state index is 13.5. The van der Waals surface area contributed by atoms with Crippen molar-refractivity contribution in [1.82, 2.24) is 4.57 Å². The van der Waals surface area contributed by atoms with Crippen molar-refractivity contribution in [2.45, 2.75) is 33.7 Å². The van der Waals surface area contributed by atoms with Gasteiger partial charge in [0.15, 0.2) is 4.80 Å². The number of carbonyl (C=O) groups is 1. The number of carbonyl (C=O) groups excluding carboxylic acids is 1. The van der Waals surface area contributed by atoms with Gasteiger partial charge >= 0.3 is 5.97 Å². The van der Waals surface area contributed by atoms with Gasteiger partial charge in [0.2, 0.25) is 0 Å². The molecule has 1 atom stereocenters. The minimum Gasteiger partial charge on any atom is -0.463 e. The van der Waals surface area contributed by atoms with Gasteiger partial charge in [-0.2, -0.15) is 0 Å². The number of esters is 1. The van der Waals surface area contributed by atoms with Gasteiger partial charge in [-0.15, -0.1) is 0 Å². The molecule has 0 radical (unpaired) electrons. The molecule has 1 aliphatic heterocycles. The summed E-state index contributed by atoms with van der Waals surface area (Å²) in [6.07, 6.45) is 1.87. The number of allylic oxidation sites excluding steroid dienone is 1. The van der Waals surface area contributed by atoms with Gasteiger partial charge in [0, 0.05) is 0 Å². The molecule has 2 aromatic carbocycles. The number of hydrogen-bond donors (Lipinski definition) is 0. The van der Waals surface area contributed by atoms with Crippen LogP contribution in [0, 0.1) is 13.8 Å². The Morgan fingerprint density at radius 3 is 2.29 bits per heavy atom. The van der Waals surface area contributed by atoms with E-state index >= 15 is 0 Å². The zero-order valence-electron chi connectivity index (χ0n) is 18.0. The fraction of sp³-hybridized carbons (Fsp3) is 0.240. The van der Waals surface area contributed by atoms with Crippen LogP contribution in [0.25, 0.3) is 6.08 Å². The van der Waals surface area contributed by atoms with E-state index in [1.165, 1.54) is 11.3 Å². The van der Waals surface area contributed by atoms with E-state index in [1.807, 2.05) is 68.5 Å². The molecule has 0 saturated heterocycles. The number of ether oxygens (including phenoxy) is 1. The SMILES string of the molecule is CCOC(=O)C1=C(C)N=c2s/c(=C/c3ccc(C)cc3)c(=O)n2[C@H]1c1ccc(C)cc1. The molecule has 31 heavy (non-hydrogen) atoms. The molecular formula is C25H24N2O3S. The Bertz CT molecular complexity index is 1340. The third kappa shape index (κ3) is 4.03. The first-order chi connectivity index (χ1) is 14.9. The fourth-order valence-electron chi connectivity index (χ4n) is 3.67. The second kappa shape index (κ2) is 8.47. The van der Waals surface area contributed by atoms with Crippen LogP contribution in [0.4, 0.5) is 0 Å². The van der Waals surface area contributed by atoms with Crippen LogP contribution in [0.3, 0.4) is 0 Å². The largest absolute Gasteiger partial charge is 0.463 e. The summed E-state index contributed by atoms with van der Waals surface area (Å²) in [7, 11) is 0. The van der Waals surface area contributed by atoms with Gasteiger partial charge < -0.3 is 4.74 Å². The van der Waals surface area contributed by atoms with Crippen molar-refractivity contribution < 1.29 is 9.53 Å². The van der Waals surface area contributed by atoms with Gasteiger partial charge in [0.25, 0.3) is 5.56 Å². The molecule has 2 heterocycles. The summed E-state index contributed by atoms with van der Waals surface area (Å²) >= 11 is 1.34. The van der Waals surface area contributed by atoms with Gasteiger partial charge in [-0.05, 0) is 44.9 Å². The van der Waals surface area contributed by atoms with Crippen LogP contribution in [0.2, 0.25) is 0 Å². The first-order valence-electron chi connectivity index (χ1n) is 10.2. The van der Waals surface area contributed by atoms with E-state index in [9.17, 15) is 9.59 Å². The van der Waals surface area contributed by atoms with Crippen molar-refractivity contribution >= 4 is 23.4 Å². The summed E-state index contributed by atoms with van der Waals surface area (Å²) in [5.41, 5.74) is 4.88. The van der Waals surface area contributed by atoms with Crippen LogP contribution in [0.5, 0.6) is 0 Å². The molecular weight excluding hydrogens is 408 g/mol. The summed E-state index contributed by atoms with van der Waals surface area (Å²) in [6, 6.07) is 15.3. The second-order valence-corrected chi connectivity index (χ2v) is 8.63. The van der Waals surface area contributed by atoms with E-state index in [-0.39, 0.29) is 12.2 Å². The predicted octanol–water partition coefficient (Wildman–Crippen LogP) is 3.42. The number of thiazole rings is 1. The maximum absolute atomic E-state index is 13.5. The molecule has 158 valence electrons. The zero-order valence-corrected chi connectivity index (χ0v) is 18.8. The van der Waals surface area contributed by atoms with Crippen molar-refractivity contribution in [1.29, 1.82) is 0 Å². The molecule has 0 bridgehead atoms. The molecule has 0 fully saturated rings. The van der Waals surface area contributed by atoms with Crippen molar-refractivity contribution in [3.63, 3.8) is 0 Å². The van der Waals surface area contributed by atoms with E-state index in [0.717, 1.165) is 22.3 Å². The van der Waals surface area contributed by atoms with E-state index in [4.69, 9.17) is 4.74 Å². The van der Waals surface area contributed by atoms with Gasteiger partial charge in [-0.1, -0.05) is 71.0 Å². The van der Waals surface area contributed by atoms with Crippen molar-refractivity contribution in [2.24, 2.45) is 4.99 Å². The first-order valence-corrected chi connectivity index (χ1v) is 11.0. The number of nitrogens with zero attached hydrogens (tertiary/aromatic N) is 2. The van der Waals surface area contributed by atoms with Crippen LogP contribution in [-0.4, -0.2) is 17.1 Å². The zero-order chi connectivity index (χ0) is 22.1. The van der Waals surface area contributed by atoms with Crippen molar-refractivity contribution in [2.75, 3.05) is 6.61 Å². The van der Waals surface area contributed by atoms with Gasteiger partial charge in [-0.25, -0.2) is 9.79 Å². The van der Waals surface area contributed by atoms with E-state index in [2.05, 4.69) is 4.99 Å². The molecule has 3 aromatic rings. The summed E-state index contributed by atoms with van der Waals surface area (Å²) in [5, 5.41) is 0. The molecule has 0 aliphatic carbocycles. The Kier molecular flexibility index (Phi) is 5.74. The normalized spacial score (nSPS) is 16.1. The van der Waals surface area contributed by atoms with Crippen LogP contribution in [0.15, 0.2) is 69.6 Å². The average Bonchev–Trinajstić information content (AvgIpc) is 3.04. The molecule has 6 heteroatoms. The minimum atomic E-state index is -0.573. The third-order valence-electron chi connectivity index (χ3n) is 5.29. The number of fused-ring (bicyclic) bond motifs is 1. The Morgan fingerprint density at radius 1 is 1.06 bits per heavy atom. The fourth-order valence-corrected chi connectivity index (χ4v) is 4.72. The Balaban J connectivity index is 1.94. The lowest BCUT2D eigenvalue weighted by molar-refractivity contribution is -0.139. The maximum Gasteiger partial charge on any atom is 0.338 e. The minimum absolute atomic E-state index is 0.163. The first kappa shape index (κ1) is 21.0. The Labute approximate surface area is 184 Å². The molecule has 1 aliphatic rings. The number of benzene rings is 2. The number of aryl methyl sites for hydroxylation is 2. The summed E-state index contributed by atoms with van der Waals surface area (Å²) < 4.78 is 7.52. The average molecular weight is 433 g/mol. The lowest BCUT2D eigenvalue weighted by Crippen LogP contribution is -2.39. The third-order valence-corrected chi connectivity index (χ3v) is 6.27. The van der Waals surface area contributed by atoms with Gasteiger partial charge in [0.05, 0.1) is 28.5 Å². The summed E-state index contributed by atoms with van der Waals surface area (Å²) in [4.78, 5) is 31.5. The van der Waals surface area contributed by atoms with Crippen LogP contribution in [-0.2, 0) is 9.53 Å². The highest BCUT2D eigenvalue weighted by Crippen LogP contribution is 2.30. The molecule has 5 nitrogen and oxygen atoms in total. The quantitative estimate of drug-likeness (QED) is 0.594. The summed E-state index contributed by atoms with van der Waals surface area (Å²) in [5.74, 6) is -0.442.